The number of hydrogen-bond donors (Lipinski definition) is 2. The number of rotatable bonds is 5. The van der Waals surface area contributed by atoms with Gasteiger partial charge in [-0.2, -0.15) is 13.2 Å². The van der Waals surface area contributed by atoms with E-state index >= 15 is 4.39 Å². The van der Waals surface area contributed by atoms with Crippen LogP contribution in [0.4, 0.5) is 23.4 Å². The number of anilines is 1. The largest absolute Gasteiger partial charge is 0.436 e. The summed E-state index contributed by atoms with van der Waals surface area (Å²) in [5.74, 6) is -0.496. The van der Waals surface area contributed by atoms with E-state index in [1.54, 1.807) is 0 Å². The molecule has 43 heavy (non-hydrogen) atoms. The van der Waals surface area contributed by atoms with Gasteiger partial charge < -0.3 is 10.3 Å². The van der Waals surface area contributed by atoms with E-state index in [1.807, 2.05) is 6.92 Å². The fourth-order valence-electron chi connectivity index (χ4n) is 4.91. The normalized spacial score (nSPS) is 16.3. The summed E-state index contributed by atoms with van der Waals surface area (Å²) in [4.78, 5) is 45.3. The van der Waals surface area contributed by atoms with Crippen LogP contribution in [0.1, 0.15) is 49.6 Å². The lowest BCUT2D eigenvalue weighted by Gasteiger charge is -2.15. The van der Waals surface area contributed by atoms with E-state index in [9.17, 15) is 22.8 Å². The highest BCUT2D eigenvalue weighted by molar-refractivity contribution is 6.31. The number of alkyl halides is 3. The van der Waals surface area contributed by atoms with Gasteiger partial charge in [0.2, 0.25) is 5.91 Å². The number of nitrogens with zero attached hydrogens (tertiary/aromatic N) is 8. The van der Waals surface area contributed by atoms with Crippen molar-refractivity contribution in [2.45, 2.75) is 38.4 Å². The van der Waals surface area contributed by atoms with Crippen LogP contribution in [0, 0.1) is 5.82 Å². The van der Waals surface area contributed by atoms with Gasteiger partial charge in [-0.1, -0.05) is 23.7 Å². The third-order valence-electron chi connectivity index (χ3n) is 6.81. The first-order chi connectivity index (χ1) is 20.4. The Hall–Kier alpha value is -4.99. The van der Waals surface area contributed by atoms with Crippen LogP contribution in [-0.4, -0.2) is 50.4 Å². The lowest BCUT2D eigenvalue weighted by atomic mass is 10.1. The number of hydrogen-bond acceptors (Lipinski definition) is 8. The molecule has 1 aliphatic heterocycles. The molecule has 0 spiro atoms. The van der Waals surface area contributed by atoms with Gasteiger partial charge in [0.25, 0.3) is 5.56 Å². The summed E-state index contributed by atoms with van der Waals surface area (Å²) in [6, 6.07) is 2.97. The Balaban J connectivity index is 1.38. The van der Waals surface area contributed by atoms with Crippen molar-refractivity contribution >= 4 is 23.3 Å². The number of amides is 1. The van der Waals surface area contributed by atoms with Gasteiger partial charge in [-0.25, -0.2) is 29.0 Å². The summed E-state index contributed by atoms with van der Waals surface area (Å²) < 4.78 is 57.1. The molecule has 1 amide bonds. The Kier molecular flexibility index (Phi) is 6.79. The average Bonchev–Trinajstić information content (AvgIpc) is 3.70. The zero-order chi connectivity index (χ0) is 30.6. The molecule has 0 saturated carbocycles. The average molecular weight is 615 g/mol. The van der Waals surface area contributed by atoms with Crippen LogP contribution in [0.25, 0.3) is 28.3 Å². The highest BCUT2D eigenvalue weighted by atomic mass is 35.5. The maximum absolute atomic E-state index is 15.4. The molecule has 0 bridgehead atoms. The van der Waals surface area contributed by atoms with Gasteiger partial charge in [-0.05, 0) is 18.6 Å². The smallest absolute Gasteiger partial charge is 0.339 e. The van der Waals surface area contributed by atoms with Gasteiger partial charge in [0.15, 0.2) is 17.3 Å². The second kappa shape index (κ2) is 10.4. The molecule has 17 heteroatoms. The Morgan fingerprint density at radius 2 is 1.93 bits per heavy atom. The predicted molar refractivity (Wildman–Crippen MR) is 144 cm³/mol. The van der Waals surface area contributed by atoms with Crippen LogP contribution in [-0.2, 0) is 11.0 Å². The van der Waals surface area contributed by atoms with Crippen LogP contribution in [0.2, 0.25) is 5.02 Å². The molecule has 12 nitrogen and oxygen atoms in total. The van der Waals surface area contributed by atoms with Crippen molar-refractivity contribution in [2.75, 3.05) is 5.32 Å². The van der Waals surface area contributed by atoms with Crippen LogP contribution in [0.5, 0.6) is 0 Å². The fraction of sp³-hybridized carbons (Fsp3) is 0.231. The van der Waals surface area contributed by atoms with Crippen LogP contribution >= 0.6 is 11.6 Å². The van der Waals surface area contributed by atoms with Gasteiger partial charge >= 0.3 is 6.18 Å². The van der Waals surface area contributed by atoms with Crippen molar-refractivity contribution in [1.29, 1.82) is 0 Å². The second-order valence-corrected chi connectivity index (χ2v) is 10.2. The highest BCUT2D eigenvalue weighted by Crippen LogP contribution is 2.39. The molecule has 0 saturated heterocycles. The molecule has 2 unspecified atom stereocenters. The lowest BCUT2D eigenvalue weighted by molar-refractivity contribution is -0.141. The van der Waals surface area contributed by atoms with Crippen molar-refractivity contribution in [3.63, 3.8) is 0 Å². The van der Waals surface area contributed by atoms with Crippen LogP contribution in [0.3, 0.4) is 0 Å². The summed E-state index contributed by atoms with van der Waals surface area (Å²) in [7, 11) is 0. The molecule has 4 aromatic heterocycles. The van der Waals surface area contributed by atoms with Crippen molar-refractivity contribution in [3.8, 4) is 28.3 Å². The summed E-state index contributed by atoms with van der Waals surface area (Å²) in [6.45, 7) is 3.19. The SMILES string of the molecule is CC(=O)Nc1cnc(-c2cnc(C3CC(C)c4nc(-c5c(-n6cc(C(F)(F)F)nn6)ccc(Cl)c5F)cc(=O)n43)[nH]2)cn1. The van der Waals surface area contributed by atoms with E-state index in [1.165, 1.54) is 36.1 Å². The Labute approximate surface area is 243 Å². The monoisotopic (exact) mass is 614 g/mol. The first-order valence-electron chi connectivity index (χ1n) is 12.7. The van der Waals surface area contributed by atoms with E-state index in [4.69, 9.17) is 11.6 Å². The Morgan fingerprint density at radius 1 is 1.14 bits per heavy atom. The quantitative estimate of drug-likeness (QED) is 0.274. The number of carbonyl (C=O) groups is 1. The Bertz CT molecular complexity index is 1930. The van der Waals surface area contributed by atoms with E-state index in [-0.39, 0.29) is 39.6 Å². The van der Waals surface area contributed by atoms with E-state index in [0.717, 1.165) is 16.8 Å². The fourth-order valence-corrected chi connectivity index (χ4v) is 5.07. The third-order valence-corrected chi connectivity index (χ3v) is 7.10. The number of nitrogens with one attached hydrogen (secondary N) is 2. The molecule has 1 aliphatic rings. The molecular weight excluding hydrogens is 596 g/mol. The summed E-state index contributed by atoms with van der Waals surface area (Å²) >= 11 is 6.02. The minimum atomic E-state index is -4.77. The topological polar surface area (TPSA) is 149 Å². The first-order valence-corrected chi connectivity index (χ1v) is 13.0. The number of imidazole rings is 1. The molecule has 5 heterocycles. The minimum Gasteiger partial charge on any atom is -0.339 e. The van der Waals surface area contributed by atoms with Gasteiger partial charge in [0, 0.05) is 18.9 Å². The summed E-state index contributed by atoms with van der Waals surface area (Å²) in [6.07, 6.45) is 0.650. The maximum Gasteiger partial charge on any atom is 0.436 e. The molecule has 0 radical (unpaired) electrons. The third kappa shape index (κ3) is 5.13. The van der Waals surface area contributed by atoms with Gasteiger partial charge in [-0.15, -0.1) is 5.10 Å². The molecule has 220 valence electrons. The zero-order valence-electron chi connectivity index (χ0n) is 22.2. The molecule has 2 N–H and O–H groups in total. The number of aromatic amines is 1. The maximum atomic E-state index is 15.4. The highest BCUT2D eigenvalue weighted by Gasteiger charge is 2.36. The van der Waals surface area contributed by atoms with Gasteiger partial charge in [-0.3, -0.25) is 14.2 Å². The number of carbonyl (C=O) groups excluding carboxylic acids is 1. The van der Waals surface area contributed by atoms with Gasteiger partial charge in [0.1, 0.15) is 17.3 Å². The number of H-pyrrole nitrogens is 1. The molecule has 2 atom stereocenters. The van der Waals surface area contributed by atoms with Crippen molar-refractivity contribution < 1.29 is 22.4 Å². The van der Waals surface area contributed by atoms with E-state index < -0.39 is 29.3 Å². The number of fused-ring (bicyclic) bond motifs is 1. The molecule has 0 aliphatic carbocycles. The molecule has 5 aromatic rings. The predicted octanol–water partition coefficient (Wildman–Crippen LogP) is 4.54. The molecule has 1 aromatic carbocycles. The molecular formula is C26H19ClF4N10O2. The number of halogens is 5. The number of aromatic nitrogens is 9. The van der Waals surface area contributed by atoms with E-state index in [0.29, 0.717) is 35.7 Å². The van der Waals surface area contributed by atoms with Crippen molar-refractivity contribution in [2.24, 2.45) is 0 Å². The van der Waals surface area contributed by atoms with E-state index in [2.05, 4.69) is 40.5 Å². The van der Waals surface area contributed by atoms with Crippen molar-refractivity contribution in [1.82, 2.24) is 44.5 Å². The number of benzene rings is 1. The first kappa shape index (κ1) is 28.1. The Morgan fingerprint density at radius 3 is 2.60 bits per heavy atom. The lowest BCUT2D eigenvalue weighted by Crippen LogP contribution is -2.25. The summed E-state index contributed by atoms with van der Waals surface area (Å²) in [5, 5.41) is 8.84. The van der Waals surface area contributed by atoms with Crippen molar-refractivity contribution in [3.05, 3.63) is 81.5 Å². The molecule has 6 rings (SSSR count). The van der Waals surface area contributed by atoms with Gasteiger partial charge in [0.05, 0.1) is 58.5 Å². The van der Waals surface area contributed by atoms with Crippen LogP contribution in [0.15, 0.2) is 47.8 Å². The van der Waals surface area contributed by atoms with Crippen LogP contribution < -0.4 is 10.9 Å². The molecule has 0 fully saturated rings. The standard InChI is InChI=1S/C26H19ClF4N10O2/c1-11-5-18(24-34-8-16(36-24)15-7-33-20(9-32-15)35-12(2)42)41-21(43)6-14(37-25(11)41)22-17(4-3-13(27)23(22)28)40-10-19(38-39-40)26(29,30)31/h3-4,6-11,18H,5H2,1-2H3,(H,34,36)(H,33,35,42). The minimum absolute atomic E-state index is 0.127. The summed E-state index contributed by atoms with van der Waals surface area (Å²) in [5.41, 5.74) is -1.41. The zero-order valence-corrected chi connectivity index (χ0v) is 22.9. The second-order valence-electron chi connectivity index (χ2n) is 9.81.